The third-order valence-electron chi connectivity index (χ3n) is 6.29. The quantitative estimate of drug-likeness (QED) is 0.663. The Balaban J connectivity index is 1.45. The van der Waals surface area contributed by atoms with Gasteiger partial charge in [0.2, 0.25) is 5.95 Å². The van der Waals surface area contributed by atoms with Crippen LogP contribution in [0.5, 0.6) is 0 Å². The van der Waals surface area contributed by atoms with Crippen molar-refractivity contribution in [1.29, 1.82) is 0 Å². The molecular formula is C21H29N7S. The molecule has 0 radical (unpaired) electrons. The van der Waals surface area contributed by atoms with Crippen molar-refractivity contribution < 1.29 is 0 Å². The Morgan fingerprint density at radius 2 is 1.97 bits per heavy atom. The van der Waals surface area contributed by atoms with Crippen LogP contribution in [-0.4, -0.2) is 50.8 Å². The Kier molecular flexibility index (Phi) is 4.91. The molecule has 0 amide bonds. The Labute approximate surface area is 175 Å². The van der Waals surface area contributed by atoms with Gasteiger partial charge >= 0.3 is 0 Å². The van der Waals surface area contributed by atoms with E-state index in [1.54, 1.807) is 10.9 Å². The maximum atomic E-state index is 4.93. The summed E-state index contributed by atoms with van der Waals surface area (Å²) in [6, 6.07) is 1.18. The van der Waals surface area contributed by atoms with Gasteiger partial charge in [-0.2, -0.15) is 10.1 Å². The van der Waals surface area contributed by atoms with Crippen LogP contribution in [0.2, 0.25) is 0 Å². The molecular weight excluding hydrogens is 382 g/mol. The van der Waals surface area contributed by atoms with Gasteiger partial charge < -0.3 is 15.5 Å². The number of anilines is 3. The first-order valence-electron chi connectivity index (χ1n) is 10.6. The van der Waals surface area contributed by atoms with Crippen molar-refractivity contribution in [3.05, 3.63) is 22.8 Å². The number of rotatable bonds is 5. The predicted molar refractivity (Wildman–Crippen MR) is 119 cm³/mol. The van der Waals surface area contributed by atoms with Crippen molar-refractivity contribution in [2.45, 2.75) is 57.0 Å². The average molecular weight is 412 g/mol. The molecule has 1 saturated carbocycles. The van der Waals surface area contributed by atoms with E-state index in [-0.39, 0.29) is 0 Å². The number of fused-ring (bicyclic) bond motifs is 3. The van der Waals surface area contributed by atoms with Crippen LogP contribution in [0.1, 0.15) is 42.5 Å². The molecule has 0 spiro atoms. The second kappa shape index (κ2) is 7.57. The third kappa shape index (κ3) is 3.71. The number of aryl methyl sites for hydroxylation is 3. The standard InChI is InChI=1S/C21H29N7S/c1-27(2)15-9-7-13(8-10-15)23-19-18-16-5-4-6-17(16)29-20(18)26-21(25-19)24-14-11-22-28(3)12-14/h11-13,15H,4-10H2,1-3H3,(H2,23,24,25,26)/t13-,15-. The fourth-order valence-corrected chi connectivity index (χ4v) is 5.96. The molecule has 8 heteroatoms. The van der Waals surface area contributed by atoms with Gasteiger partial charge in [0.1, 0.15) is 10.6 Å². The molecule has 0 aromatic carbocycles. The summed E-state index contributed by atoms with van der Waals surface area (Å²) in [6.45, 7) is 0. The van der Waals surface area contributed by atoms with Crippen molar-refractivity contribution in [1.82, 2.24) is 24.6 Å². The fraction of sp³-hybridized carbons (Fsp3) is 0.571. The summed E-state index contributed by atoms with van der Waals surface area (Å²) in [7, 11) is 6.30. The van der Waals surface area contributed by atoms with E-state index in [0.717, 1.165) is 22.8 Å². The highest BCUT2D eigenvalue weighted by atomic mass is 32.1. The van der Waals surface area contributed by atoms with E-state index in [0.29, 0.717) is 18.0 Å². The zero-order valence-corrected chi connectivity index (χ0v) is 18.2. The summed E-state index contributed by atoms with van der Waals surface area (Å²) in [5.41, 5.74) is 2.38. The number of aromatic nitrogens is 4. The van der Waals surface area contributed by atoms with Gasteiger partial charge in [0, 0.05) is 30.2 Å². The average Bonchev–Trinajstić information content (AvgIpc) is 3.38. The molecule has 1 fully saturated rings. The molecule has 3 aromatic rings. The van der Waals surface area contributed by atoms with E-state index in [9.17, 15) is 0 Å². The molecule has 2 aliphatic rings. The molecule has 5 rings (SSSR count). The minimum absolute atomic E-state index is 0.479. The number of hydrogen-bond donors (Lipinski definition) is 2. The fourth-order valence-electron chi connectivity index (χ4n) is 4.70. The van der Waals surface area contributed by atoms with Gasteiger partial charge in [-0.1, -0.05) is 0 Å². The molecule has 3 aromatic heterocycles. The minimum Gasteiger partial charge on any atom is -0.367 e. The van der Waals surface area contributed by atoms with Gasteiger partial charge in [0.05, 0.1) is 17.3 Å². The topological polar surface area (TPSA) is 70.9 Å². The van der Waals surface area contributed by atoms with Crippen molar-refractivity contribution in [2.75, 3.05) is 24.7 Å². The Morgan fingerprint density at radius 1 is 1.14 bits per heavy atom. The van der Waals surface area contributed by atoms with Gasteiger partial charge in [0.25, 0.3) is 0 Å². The number of nitrogens with one attached hydrogen (secondary N) is 2. The van der Waals surface area contributed by atoms with E-state index in [2.05, 4.69) is 34.7 Å². The predicted octanol–water partition coefficient (Wildman–Crippen LogP) is 3.94. The van der Waals surface area contributed by atoms with Crippen LogP contribution in [0.25, 0.3) is 10.2 Å². The summed E-state index contributed by atoms with van der Waals surface area (Å²) in [5, 5.41) is 12.6. The van der Waals surface area contributed by atoms with E-state index >= 15 is 0 Å². The van der Waals surface area contributed by atoms with E-state index in [1.807, 2.05) is 24.6 Å². The van der Waals surface area contributed by atoms with Crippen molar-refractivity contribution in [3.8, 4) is 0 Å². The summed E-state index contributed by atoms with van der Waals surface area (Å²) in [4.78, 5) is 14.7. The van der Waals surface area contributed by atoms with E-state index in [1.165, 1.54) is 54.4 Å². The van der Waals surface area contributed by atoms with Crippen LogP contribution < -0.4 is 10.6 Å². The number of hydrogen-bond acceptors (Lipinski definition) is 7. The summed E-state index contributed by atoms with van der Waals surface area (Å²) >= 11 is 1.84. The smallest absolute Gasteiger partial charge is 0.230 e. The van der Waals surface area contributed by atoms with Crippen LogP contribution in [0.15, 0.2) is 12.4 Å². The van der Waals surface area contributed by atoms with Crippen molar-refractivity contribution in [3.63, 3.8) is 0 Å². The van der Waals surface area contributed by atoms with Crippen molar-refractivity contribution in [2.24, 2.45) is 7.05 Å². The molecule has 0 bridgehead atoms. The minimum atomic E-state index is 0.479. The van der Waals surface area contributed by atoms with Crippen LogP contribution in [0, 0.1) is 0 Å². The second-order valence-electron chi connectivity index (χ2n) is 8.57. The molecule has 154 valence electrons. The first-order chi connectivity index (χ1) is 14.1. The lowest BCUT2D eigenvalue weighted by atomic mass is 9.90. The zero-order valence-electron chi connectivity index (χ0n) is 17.4. The lowest BCUT2D eigenvalue weighted by Gasteiger charge is -2.33. The largest absolute Gasteiger partial charge is 0.367 e. The molecule has 0 unspecified atom stereocenters. The van der Waals surface area contributed by atoms with Crippen LogP contribution >= 0.6 is 11.3 Å². The lowest BCUT2D eigenvalue weighted by molar-refractivity contribution is 0.221. The molecule has 29 heavy (non-hydrogen) atoms. The van der Waals surface area contributed by atoms with Crippen LogP contribution in [-0.2, 0) is 19.9 Å². The van der Waals surface area contributed by atoms with Gasteiger partial charge in [-0.05, 0) is 64.6 Å². The van der Waals surface area contributed by atoms with Crippen molar-refractivity contribution >= 4 is 39.0 Å². The highest BCUT2D eigenvalue weighted by molar-refractivity contribution is 7.19. The van der Waals surface area contributed by atoms with Gasteiger partial charge in [-0.15, -0.1) is 11.3 Å². The third-order valence-corrected chi connectivity index (χ3v) is 7.48. The van der Waals surface area contributed by atoms with E-state index in [4.69, 9.17) is 9.97 Å². The Bertz CT molecular complexity index is 1010. The monoisotopic (exact) mass is 411 g/mol. The SMILES string of the molecule is Cn1cc(Nc2nc(N[C@H]3CC[C@H](N(C)C)CC3)c3c4c(sc3n2)CCC4)cn1. The van der Waals surface area contributed by atoms with Gasteiger partial charge in [-0.3, -0.25) is 4.68 Å². The van der Waals surface area contributed by atoms with Gasteiger partial charge in [-0.25, -0.2) is 4.98 Å². The summed E-state index contributed by atoms with van der Waals surface area (Å²) in [6.07, 6.45) is 12.2. The molecule has 3 heterocycles. The van der Waals surface area contributed by atoms with Crippen LogP contribution in [0.3, 0.4) is 0 Å². The molecule has 2 aliphatic carbocycles. The lowest BCUT2D eigenvalue weighted by Crippen LogP contribution is -2.36. The molecule has 2 N–H and O–H groups in total. The molecule has 0 aliphatic heterocycles. The molecule has 7 nitrogen and oxygen atoms in total. The first-order valence-corrected chi connectivity index (χ1v) is 11.4. The van der Waals surface area contributed by atoms with E-state index < -0.39 is 0 Å². The maximum Gasteiger partial charge on any atom is 0.230 e. The number of thiophene rings is 1. The Hall–Kier alpha value is -2.19. The summed E-state index contributed by atoms with van der Waals surface area (Å²) < 4.78 is 1.78. The maximum absolute atomic E-state index is 4.93. The highest BCUT2D eigenvalue weighted by Crippen LogP contribution is 2.41. The zero-order chi connectivity index (χ0) is 20.0. The normalized spacial score (nSPS) is 21.7. The van der Waals surface area contributed by atoms with Gasteiger partial charge in [0.15, 0.2) is 0 Å². The Morgan fingerprint density at radius 3 is 2.69 bits per heavy atom. The summed E-state index contributed by atoms with van der Waals surface area (Å²) in [5.74, 6) is 1.66. The first kappa shape index (κ1) is 18.8. The molecule has 0 atom stereocenters. The van der Waals surface area contributed by atoms with Crippen LogP contribution in [0.4, 0.5) is 17.5 Å². The second-order valence-corrected chi connectivity index (χ2v) is 9.66. The molecule has 0 saturated heterocycles. The highest BCUT2D eigenvalue weighted by Gasteiger charge is 2.26. The number of nitrogens with zero attached hydrogens (tertiary/aromatic N) is 5.